The number of likely N-dealkylation sites (tertiary alicyclic amines) is 2. The van der Waals surface area contributed by atoms with E-state index in [1.165, 1.54) is 4.90 Å². The molecule has 7 heteroatoms. The van der Waals surface area contributed by atoms with Gasteiger partial charge in [0.2, 0.25) is 5.91 Å². The van der Waals surface area contributed by atoms with E-state index in [-0.39, 0.29) is 23.3 Å². The molecular weight excluding hydrogens is 360 g/mol. The fraction of sp³-hybridized carbons (Fsp3) is 0.762. The first-order valence-corrected chi connectivity index (χ1v) is 9.91. The summed E-state index contributed by atoms with van der Waals surface area (Å²) in [5.41, 5.74) is -1.57. The fourth-order valence-electron chi connectivity index (χ4n) is 3.91. The van der Waals surface area contributed by atoms with Crippen molar-refractivity contribution >= 4 is 18.1 Å². The first kappa shape index (κ1) is 22.2. The molecular formula is C21H34N2O5. The summed E-state index contributed by atoms with van der Waals surface area (Å²) < 4.78 is 10.9. The molecule has 1 atom stereocenters. The van der Waals surface area contributed by atoms with Crippen molar-refractivity contribution in [3.8, 4) is 0 Å². The minimum Gasteiger partial charge on any atom is -0.444 e. The Morgan fingerprint density at radius 2 is 1.57 bits per heavy atom. The lowest BCUT2D eigenvalue weighted by molar-refractivity contribution is -0.131. The second kappa shape index (κ2) is 7.76. The standard InChI is InChI=1S/C21H34N2O5/c1-8-9-15-16(24)23(18(26)28-20(5,6)7)14-21(15)10-12-22(13-11-21)17(25)27-19(2,3)4/h8,15H,1,9-14H2,2-7H3. The van der Waals surface area contributed by atoms with Crippen molar-refractivity contribution in [1.82, 2.24) is 9.80 Å². The summed E-state index contributed by atoms with van der Waals surface area (Å²) in [7, 11) is 0. The zero-order chi connectivity index (χ0) is 21.3. The zero-order valence-electron chi connectivity index (χ0n) is 18.0. The van der Waals surface area contributed by atoms with E-state index < -0.39 is 17.3 Å². The average molecular weight is 395 g/mol. The van der Waals surface area contributed by atoms with E-state index >= 15 is 0 Å². The molecule has 2 fully saturated rings. The van der Waals surface area contributed by atoms with Gasteiger partial charge in [0.25, 0.3) is 0 Å². The van der Waals surface area contributed by atoms with E-state index in [9.17, 15) is 14.4 Å². The van der Waals surface area contributed by atoms with Crippen LogP contribution in [-0.4, -0.2) is 58.7 Å². The molecule has 158 valence electrons. The largest absolute Gasteiger partial charge is 0.444 e. The van der Waals surface area contributed by atoms with E-state index in [0.29, 0.717) is 38.9 Å². The minimum atomic E-state index is -0.666. The van der Waals surface area contributed by atoms with Crippen LogP contribution in [0.25, 0.3) is 0 Å². The second-order valence-corrected chi connectivity index (χ2v) is 9.81. The van der Waals surface area contributed by atoms with Gasteiger partial charge in [-0.3, -0.25) is 4.79 Å². The minimum absolute atomic E-state index is 0.208. The summed E-state index contributed by atoms with van der Waals surface area (Å²) in [5, 5.41) is 0. The lowest BCUT2D eigenvalue weighted by Crippen LogP contribution is -2.48. The van der Waals surface area contributed by atoms with Crippen LogP contribution in [0.5, 0.6) is 0 Å². The van der Waals surface area contributed by atoms with Gasteiger partial charge in [0, 0.05) is 31.0 Å². The molecule has 2 heterocycles. The highest BCUT2D eigenvalue weighted by Crippen LogP contribution is 2.47. The fourth-order valence-corrected chi connectivity index (χ4v) is 3.91. The summed E-state index contributed by atoms with van der Waals surface area (Å²) in [6, 6.07) is 0. The topological polar surface area (TPSA) is 76.2 Å². The Hall–Kier alpha value is -2.05. The molecule has 0 bridgehead atoms. The highest BCUT2D eigenvalue weighted by Gasteiger charge is 2.55. The molecule has 3 amide bonds. The van der Waals surface area contributed by atoms with Gasteiger partial charge in [-0.15, -0.1) is 6.58 Å². The van der Waals surface area contributed by atoms with Crippen LogP contribution >= 0.6 is 0 Å². The Kier molecular flexibility index (Phi) is 6.16. The number of amides is 3. The lowest BCUT2D eigenvalue weighted by Gasteiger charge is -2.41. The van der Waals surface area contributed by atoms with Gasteiger partial charge < -0.3 is 14.4 Å². The molecule has 0 aromatic rings. The number of carbonyl (C=O) groups excluding carboxylic acids is 3. The Balaban J connectivity index is 2.13. The summed E-state index contributed by atoms with van der Waals surface area (Å²) in [4.78, 5) is 40.8. The van der Waals surface area contributed by atoms with Crippen LogP contribution < -0.4 is 0 Å². The molecule has 2 rings (SSSR count). The van der Waals surface area contributed by atoms with Gasteiger partial charge >= 0.3 is 12.2 Å². The van der Waals surface area contributed by atoms with Crippen molar-refractivity contribution in [2.24, 2.45) is 11.3 Å². The lowest BCUT2D eigenvalue weighted by atomic mass is 9.69. The van der Waals surface area contributed by atoms with Gasteiger partial charge in [-0.05, 0) is 60.8 Å². The maximum Gasteiger partial charge on any atom is 0.417 e. The monoisotopic (exact) mass is 394 g/mol. The first-order chi connectivity index (χ1) is 12.8. The number of allylic oxidation sites excluding steroid dienone is 1. The maximum atomic E-state index is 13.0. The van der Waals surface area contributed by atoms with Crippen LogP contribution in [0.3, 0.4) is 0 Å². The molecule has 1 spiro atoms. The van der Waals surface area contributed by atoms with Crippen molar-refractivity contribution in [3.05, 3.63) is 12.7 Å². The molecule has 2 aliphatic rings. The van der Waals surface area contributed by atoms with E-state index in [1.807, 2.05) is 20.8 Å². The van der Waals surface area contributed by atoms with E-state index in [2.05, 4.69) is 6.58 Å². The normalized spacial score (nSPS) is 22.4. The van der Waals surface area contributed by atoms with Crippen LogP contribution in [-0.2, 0) is 14.3 Å². The van der Waals surface area contributed by atoms with Crippen LogP contribution in [0.4, 0.5) is 9.59 Å². The van der Waals surface area contributed by atoms with E-state index in [0.717, 1.165) is 0 Å². The highest BCUT2D eigenvalue weighted by molar-refractivity contribution is 5.96. The third-order valence-corrected chi connectivity index (χ3v) is 5.20. The van der Waals surface area contributed by atoms with Gasteiger partial charge in [-0.2, -0.15) is 0 Å². The van der Waals surface area contributed by atoms with Crippen LogP contribution in [0.1, 0.15) is 60.8 Å². The number of hydrogen-bond donors (Lipinski definition) is 0. The third-order valence-electron chi connectivity index (χ3n) is 5.20. The molecule has 0 aromatic heterocycles. The van der Waals surface area contributed by atoms with Crippen molar-refractivity contribution in [2.75, 3.05) is 19.6 Å². The van der Waals surface area contributed by atoms with Gasteiger partial charge in [0.05, 0.1) is 0 Å². The molecule has 0 saturated carbocycles. The van der Waals surface area contributed by atoms with Gasteiger partial charge in [0.15, 0.2) is 0 Å². The smallest absolute Gasteiger partial charge is 0.417 e. The number of carbonyl (C=O) groups is 3. The molecule has 1 unspecified atom stereocenters. The maximum absolute atomic E-state index is 13.0. The zero-order valence-corrected chi connectivity index (χ0v) is 18.0. The number of nitrogens with zero attached hydrogens (tertiary/aromatic N) is 2. The van der Waals surface area contributed by atoms with Crippen LogP contribution in [0.15, 0.2) is 12.7 Å². The van der Waals surface area contributed by atoms with Gasteiger partial charge in [-0.1, -0.05) is 6.08 Å². The van der Waals surface area contributed by atoms with Crippen LogP contribution in [0.2, 0.25) is 0 Å². The second-order valence-electron chi connectivity index (χ2n) is 9.81. The molecule has 0 N–H and O–H groups in total. The quantitative estimate of drug-likeness (QED) is 0.662. The molecule has 7 nitrogen and oxygen atoms in total. The number of hydrogen-bond acceptors (Lipinski definition) is 5. The summed E-state index contributed by atoms with van der Waals surface area (Å²) in [6.45, 7) is 15.9. The SMILES string of the molecule is C=CCC1C(=O)N(C(=O)OC(C)(C)C)CC12CCN(C(=O)OC(C)(C)C)CC2. The predicted octanol–water partition coefficient (Wildman–Crippen LogP) is 3.97. The van der Waals surface area contributed by atoms with Crippen molar-refractivity contribution in [1.29, 1.82) is 0 Å². The Bertz CT molecular complexity index is 636. The van der Waals surface area contributed by atoms with Gasteiger partial charge in [-0.25, -0.2) is 14.5 Å². The number of rotatable bonds is 2. The Labute approximate surface area is 168 Å². The predicted molar refractivity (Wildman–Crippen MR) is 106 cm³/mol. The first-order valence-electron chi connectivity index (χ1n) is 9.91. The molecule has 2 saturated heterocycles. The number of ether oxygens (including phenoxy) is 2. The molecule has 0 aromatic carbocycles. The summed E-state index contributed by atoms with van der Waals surface area (Å²) >= 11 is 0. The van der Waals surface area contributed by atoms with E-state index in [1.54, 1.807) is 31.7 Å². The van der Waals surface area contributed by atoms with Gasteiger partial charge in [0.1, 0.15) is 11.2 Å². The van der Waals surface area contributed by atoms with Crippen molar-refractivity contribution < 1.29 is 23.9 Å². The Morgan fingerprint density at radius 3 is 2.04 bits per heavy atom. The molecule has 0 aliphatic carbocycles. The van der Waals surface area contributed by atoms with Crippen molar-refractivity contribution in [3.63, 3.8) is 0 Å². The van der Waals surface area contributed by atoms with Crippen LogP contribution in [0, 0.1) is 11.3 Å². The average Bonchev–Trinajstić information content (AvgIpc) is 2.79. The number of piperidine rings is 1. The van der Waals surface area contributed by atoms with E-state index in [4.69, 9.17) is 9.47 Å². The third kappa shape index (κ3) is 5.06. The highest BCUT2D eigenvalue weighted by atomic mass is 16.6. The number of imide groups is 1. The molecule has 0 radical (unpaired) electrons. The van der Waals surface area contributed by atoms with Crippen molar-refractivity contribution in [2.45, 2.75) is 72.0 Å². The molecule has 2 aliphatic heterocycles. The summed E-state index contributed by atoms with van der Waals surface area (Å²) in [6.07, 6.45) is 2.56. The Morgan fingerprint density at radius 1 is 1.07 bits per heavy atom. The molecule has 28 heavy (non-hydrogen) atoms. The summed E-state index contributed by atoms with van der Waals surface area (Å²) in [5.74, 6) is -0.529.